The zero-order valence-electron chi connectivity index (χ0n) is 21.9. The maximum atomic E-state index is 13.8. The first-order chi connectivity index (χ1) is 19.4. The van der Waals surface area contributed by atoms with E-state index in [2.05, 4.69) is 9.97 Å². The zero-order chi connectivity index (χ0) is 27.9. The van der Waals surface area contributed by atoms with E-state index in [1.54, 1.807) is 35.2 Å². The number of nitrogen functional groups attached to an aromatic ring is 1. The number of carbonyl (C=O) groups excluding carboxylic acids is 1. The Bertz CT molecular complexity index is 1710. The highest BCUT2D eigenvalue weighted by Gasteiger charge is 2.38. The Labute approximate surface area is 229 Å². The van der Waals surface area contributed by atoms with Crippen molar-refractivity contribution in [3.63, 3.8) is 0 Å². The van der Waals surface area contributed by atoms with Crippen molar-refractivity contribution in [2.45, 2.75) is 25.9 Å². The van der Waals surface area contributed by atoms with Crippen LogP contribution in [-0.4, -0.2) is 55.7 Å². The average Bonchev–Trinajstić information content (AvgIpc) is 3.21. The van der Waals surface area contributed by atoms with Gasteiger partial charge < -0.3 is 20.1 Å². The molecule has 2 fully saturated rings. The van der Waals surface area contributed by atoms with Gasteiger partial charge in [-0.1, -0.05) is 31.2 Å². The summed E-state index contributed by atoms with van der Waals surface area (Å²) >= 11 is 0. The second kappa shape index (κ2) is 9.98. The van der Waals surface area contributed by atoms with E-state index in [1.807, 2.05) is 43.3 Å². The molecule has 2 aromatic heterocycles. The molecule has 0 radical (unpaired) electrons. The number of imidazole rings is 1. The molecule has 4 aromatic rings. The van der Waals surface area contributed by atoms with Crippen molar-refractivity contribution in [3.05, 3.63) is 83.1 Å². The Hall–Kier alpha value is -4.95. The van der Waals surface area contributed by atoms with Gasteiger partial charge in [0, 0.05) is 18.5 Å². The van der Waals surface area contributed by atoms with Crippen LogP contribution < -0.4 is 16.2 Å². The molecule has 2 saturated heterocycles. The quantitative estimate of drug-likeness (QED) is 0.280. The fourth-order valence-corrected chi connectivity index (χ4v) is 5.05. The zero-order valence-corrected chi connectivity index (χ0v) is 21.9. The van der Waals surface area contributed by atoms with Gasteiger partial charge >= 0.3 is 5.69 Å². The second-order valence-electron chi connectivity index (χ2n) is 10.3. The van der Waals surface area contributed by atoms with Crippen LogP contribution in [-0.2, 0) is 16.1 Å². The van der Waals surface area contributed by atoms with Crippen molar-refractivity contribution >= 4 is 22.9 Å². The molecule has 40 heavy (non-hydrogen) atoms. The molecule has 11 heteroatoms. The number of anilines is 1. The Kier molecular flexibility index (Phi) is 6.32. The standard InChI is InChI=1S/C29H27N7O4/c1-29(16-39-17-29)13-19(14-30)27(37)34-12-11-21(34)15-35-26-24(25(31)32-18-33-26)36(28(35)38)20-7-9-23(10-8-20)40-22-5-3-2-4-6-22/h2-10,13,18,21H,11-12,15-17H2,1H3,(H2,31,32,33). The molecule has 6 rings (SSSR count). The molecule has 1 unspecified atom stereocenters. The lowest BCUT2D eigenvalue weighted by molar-refractivity contribution is -0.134. The molecule has 1 amide bonds. The van der Waals surface area contributed by atoms with Crippen molar-refractivity contribution in [1.29, 1.82) is 5.26 Å². The Morgan fingerprint density at radius 2 is 1.90 bits per heavy atom. The first-order valence-corrected chi connectivity index (χ1v) is 12.9. The van der Waals surface area contributed by atoms with Gasteiger partial charge in [0.1, 0.15) is 35.0 Å². The summed E-state index contributed by atoms with van der Waals surface area (Å²) in [5.74, 6) is 1.14. The van der Waals surface area contributed by atoms with E-state index in [1.165, 1.54) is 15.5 Å². The van der Waals surface area contributed by atoms with Gasteiger partial charge in [0.25, 0.3) is 5.91 Å². The van der Waals surface area contributed by atoms with Crippen molar-refractivity contribution in [2.75, 3.05) is 25.5 Å². The first-order valence-electron chi connectivity index (χ1n) is 12.9. The van der Waals surface area contributed by atoms with Crippen LogP contribution >= 0.6 is 0 Å². The third-order valence-corrected chi connectivity index (χ3v) is 7.31. The smallest absolute Gasteiger partial charge is 0.335 e. The lowest BCUT2D eigenvalue weighted by atomic mass is 9.86. The van der Waals surface area contributed by atoms with Gasteiger partial charge in [-0.25, -0.2) is 14.8 Å². The van der Waals surface area contributed by atoms with Crippen LogP contribution in [0.1, 0.15) is 13.3 Å². The minimum absolute atomic E-state index is 0.0923. The molecule has 4 heterocycles. The average molecular weight is 538 g/mol. The van der Waals surface area contributed by atoms with Crippen molar-refractivity contribution in [2.24, 2.45) is 5.41 Å². The molecule has 0 aliphatic carbocycles. The highest BCUT2D eigenvalue weighted by Crippen LogP contribution is 2.31. The molecule has 0 bridgehead atoms. The molecule has 2 aliphatic heterocycles. The third-order valence-electron chi connectivity index (χ3n) is 7.31. The highest BCUT2D eigenvalue weighted by atomic mass is 16.5. The molecular formula is C29H27N7O4. The van der Waals surface area contributed by atoms with Crippen LogP contribution in [0.2, 0.25) is 0 Å². The maximum absolute atomic E-state index is 13.8. The van der Waals surface area contributed by atoms with E-state index < -0.39 is 0 Å². The molecule has 2 aliphatic rings. The fraction of sp³-hybridized carbons (Fsp3) is 0.276. The van der Waals surface area contributed by atoms with E-state index in [0.29, 0.717) is 54.5 Å². The van der Waals surface area contributed by atoms with Gasteiger partial charge in [0.2, 0.25) is 0 Å². The summed E-state index contributed by atoms with van der Waals surface area (Å²) in [4.78, 5) is 37.1. The van der Waals surface area contributed by atoms with Crippen LogP contribution in [0.5, 0.6) is 11.5 Å². The molecule has 2 aromatic carbocycles. The van der Waals surface area contributed by atoms with Crippen LogP contribution in [0.4, 0.5) is 5.82 Å². The van der Waals surface area contributed by atoms with Crippen molar-refractivity contribution < 1.29 is 14.3 Å². The van der Waals surface area contributed by atoms with Crippen molar-refractivity contribution in [1.82, 2.24) is 24.0 Å². The fourth-order valence-electron chi connectivity index (χ4n) is 5.05. The number of fused-ring (bicyclic) bond motifs is 1. The number of rotatable bonds is 7. The molecule has 2 N–H and O–H groups in total. The number of likely N-dealkylation sites (tertiary alicyclic amines) is 1. The minimum atomic E-state index is -0.353. The summed E-state index contributed by atoms with van der Waals surface area (Å²) in [5, 5.41) is 9.67. The number of carbonyl (C=O) groups is 1. The van der Waals surface area contributed by atoms with E-state index in [-0.39, 0.29) is 41.0 Å². The lowest BCUT2D eigenvalue weighted by Crippen LogP contribution is -2.54. The number of nitrogens with two attached hydrogens (primary N) is 1. The number of ether oxygens (including phenoxy) is 2. The number of hydrogen-bond donors (Lipinski definition) is 1. The monoisotopic (exact) mass is 537 g/mol. The topological polar surface area (TPSA) is 141 Å². The van der Waals surface area contributed by atoms with Crippen LogP contribution in [0, 0.1) is 16.7 Å². The van der Waals surface area contributed by atoms with E-state index >= 15 is 0 Å². The summed E-state index contributed by atoms with van der Waals surface area (Å²) in [6.45, 7) is 3.62. The molecular weight excluding hydrogens is 510 g/mol. The molecule has 0 saturated carbocycles. The minimum Gasteiger partial charge on any atom is -0.457 e. The Balaban J connectivity index is 1.30. The number of nitrogens with zero attached hydrogens (tertiary/aromatic N) is 6. The Morgan fingerprint density at radius 1 is 1.18 bits per heavy atom. The van der Waals surface area contributed by atoms with Crippen LogP contribution in [0.15, 0.2) is 77.4 Å². The van der Waals surface area contributed by atoms with Crippen LogP contribution in [0.25, 0.3) is 16.9 Å². The highest BCUT2D eigenvalue weighted by molar-refractivity contribution is 5.98. The second-order valence-corrected chi connectivity index (χ2v) is 10.3. The van der Waals surface area contributed by atoms with E-state index in [9.17, 15) is 14.9 Å². The molecule has 1 atom stereocenters. The van der Waals surface area contributed by atoms with Gasteiger partial charge in [-0.15, -0.1) is 0 Å². The molecule has 11 nitrogen and oxygen atoms in total. The number of aromatic nitrogens is 4. The summed E-state index contributed by atoms with van der Waals surface area (Å²) in [6, 6.07) is 18.3. The van der Waals surface area contributed by atoms with E-state index in [0.717, 1.165) is 0 Å². The SMILES string of the molecule is CC1(C=C(C#N)C(=O)N2CCC2Cn2c(=O)n(-c3ccc(Oc4ccccc4)cc3)c3c(N)ncnc32)COC1. The van der Waals surface area contributed by atoms with Gasteiger partial charge in [0.15, 0.2) is 11.5 Å². The maximum Gasteiger partial charge on any atom is 0.335 e. The predicted molar refractivity (Wildman–Crippen MR) is 147 cm³/mol. The normalized spacial score (nSPS) is 18.1. The Morgan fingerprint density at radius 3 is 2.52 bits per heavy atom. The predicted octanol–water partition coefficient (Wildman–Crippen LogP) is 3.04. The number of benzene rings is 2. The molecule has 202 valence electrons. The first kappa shape index (κ1) is 25.3. The summed E-state index contributed by atoms with van der Waals surface area (Å²) in [5.41, 5.74) is 6.98. The lowest BCUT2D eigenvalue weighted by Gasteiger charge is -2.41. The van der Waals surface area contributed by atoms with Gasteiger partial charge in [-0.05, 0) is 42.8 Å². The van der Waals surface area contributed by atoms with Gasteiger partial charge in [0.05, 0.1) is 24.9 Å². The van der Waals surface area contributed by atoms with Crippen LogP contribution in [0.3, 0.4) is 0 Å². The van der Waals surface area contributed by atoms with Gasteiger partial charge in [-0.2, -0.15) is 5.26 Å². The summed E-state index contributed by atoms with van der Waals surface area (Å²) in [6.07, 6.45) is 3.71. The number of nitriles is 1. The largest absolute Gasteiger partial charge is 0.457 e. The van der Waals surface area contributed by atoms with Gasteiger partial charge in [-0.3, -0.25) is 13.9 Å². The number of amides is 1. The van der Waals surface area contributed by atoms with Crippen molar-refractivity contribution in [3.8, 4) is 23.3 Å². The molecule has 0 spiro atoms. The third kappa shape index (κ3) is 4.48. The summed E-state index contributed by atoms with van der Waals surface area (Å²) in [7, 11) is 0. The number of hydrogen-bond acceptors (Lipinski definition) is 8. The number of para-hydroxylation sites is 1. The summed E-state index contributed by atoms with van der Waals surface area (Å²) < 4.78 is 14.1. The van der Waals surface area contributed by atoms with E-state index in [4.69, 9.17) is 15.2 Å².